The Balaban J connectivity index is 1.33. The van der Waals surface area contributed by atoms with Crippen LogP contribution < -0.4 is 5.32 Å². The average Bonchev–Trinajstić information content (AvgIpc) is 3.26. The van der Waals surface area contributed by atoms with Crippen molar-refractivity contribution < 1.29 is 0 Å². The molecule has 0 fully saturated rings. The molecule has 0 aliphatic heterocycles. The van der Waals surface area contributed by atoms with Crippen LogP contribution in [0.5, 0.6) is 0 Å². The predicted molar refractivity (Wildman–Crippen MR) is 102 cm³/mol. The Hall–Kier alpha value is -2.99. The van der Waals surface area contributed by atoms with Crippen molar-refractivity contribution in [2.75, 3.05) is 6.54 Å². The van der Waals surface area contributed by atoms with Gasteiger partial charge in [0, 0.05) is 49.9 Å². The maximum atomic E-state index is 4.58. The first-order valence-electron chi connectivity index (χ1n) is 8.85. The van der Waals surface area contributed by atoms with Crippen LogP contribution in [0.1, 0.15) is 12.0 Å². The van der Waals surface area contributed by atoms with Gasteiger partial charge >= 0.3 is 0 Å². The molecular formula is C20H22N6. The Morgan fingerprint density at radius 2 is 2.04 bits per heavy atom. The standard InChI is InChI=1S/C20H22N6/c1-25-14-17(20(24-25)16-6-4-9-21-12-16)13-22-10-5-11-26-15-23-18-7-2-3-8-19(18)26/h2-4,6-9,12,14-15,22H,5,10-11,13H2,1H3. The van der Waals surface area contributed by atoms with Crippen LogP contribution in [0.25, 0.3) is 22.3 Å². The number of pyridine rings is 1. The van der Waals surface area contributed by atoms with Gasteiger partial charge in [0.1, 0.15) is 0 Å². The Morgan fingerprint density at radius 3 is 2.92 bits per heavy atom. The molecule has 0 saturated carbocycles. The second kappa shape index (κ2) is 7.49. The molecule has 0 bridgehead atoms. The van der Waals surface area contributed by atoms with Crippen molar-refractivity contribution in [2.45, 2.75) is 19.5 Å². The molecule has 1 N–H and O–H groups in total. The molecule has 4 aromatic rings. The van der Waals surface area contributed by atoms with Gasteiger partial charge < -0.3 is 9.88 Å². The number of aryl methyl sites for hydroxylation is 2. The van der Waals surface area contributed by atoms with E-state index in [1.165, 1.54) is 11.1 Å². The molecule has 4 rings (SSSR count). The highest BCUT2D eigenvalue weighted by molar-refractivity contribution is 5.74. The third kappa shape index (κ3) is 3.50. The number of fused-ring (bicyclic) bond motifs is 1. The van der Waals surface area contributed by atoms with E-state index in [9.17, 15) is 0 Å². The number of aromatic nitrogens is 5. The van der Waals surface area contributed by atoms with Gasteiger partial charge in [-0.05, 0) is 37.2 Å². The number of benzene rings is 1. The molecule has 0 aliphatic rings. The normalized spacial score (nSPS) is 11.3. The summed E-state index contributed by atoms with van der Waals surface area (Å²) in [6, 6.07) is 12.2. The summed E-state index contributed by atoms with van der Waals surface area (Å²) in [5, 5.41) is 8.11. The summed E-state index contributed by atoms with van der Waals surface area (Å²) in [7, 11) is 1.95. The molecule has 132 valence electrons. The third-order valence-electron chi connectivity index (χ3n) is 4.43. The summed E-state index contributed by atoms with van der Waals surface area (Å²) in [6.45, 7) is 2.69. The molecule has 3 aromatic heterocycles. The third-order valence-corrected chi connectivity index (χ3v) is 4.43. The molecule has 0 radical (unpaired) electrons. The van der Waals surface area contributed by atoms with Gasteiger partial charge in [0.15, 0.2) is 0 Å². The molecule has 3 heterocycles. The maximum absolute atomic E-state index is 4.58. The van der Waals surface area contributed by atoms with Crippen molar-refractivity contribution in [2.24, 2.45) is 7.05 Å². The summed E-state index contributed by atoms with van der Waals surface area (Å²) in [5.74, 6) is 0. The molecule has 0 atom stereocenters. The summed E-state index contributed by atoms with van der Waals surface area (Å²) >= 11 is 0. The van der Waals surface area contributed by atoms with Crippen molar-refractivity contribution in [3.05, 3.63) is 66.9 Å². The minimum absolute atomic E-state index is 0.794. The quantitative estimate of drug-likeness (QED) is 0.523. The van der Waals surface area contributed by atoms with E-state index in [0.717, 1.165) is 42.8 Å². The zero-order valence-corrected chi connectivity index (χ0v) is 14.8. The van der Waals surface area contributed by atoms with Crippen molar-refractivity contribution in [1.82, 2.24) is 29.6 Å². The van der Waals surface area contributed by atoms with E-state index in [-0.39, 0.29) is 0 Å². The highest BCUT2D eigenvalue weighted by atomic mass is 15.3. The van der Waals surface area contributed by atoms with Gasteiger partial charge in [-0.2, -0.15) is 5.10 Å². The van der Waals surface area contributed by atoms with E-state index in [2.05, 4.69) is 43.3 Å². The molecule has 0 amide bonds. The van der Waals surface area contributed by atoms with Gasteiger partial charge in [0.05, 0.1) is 23.1 Å². The van der Waals surface area contributed by atoms with E-state index in [1.54, 1.807) is 6.20 Å². The number of nitrogens with one attached hydrogen (secondary N) is 1. The van der Waals surface area contributed by atoms with Crippen LogP contribution in [0, 0.1) is 0 Å². The number of nitrogens with zero attached hydrogens (tertiary/aromatic N) is 5. The summed E-state index contributed by atoms with van der Waals surface area (Å²) in [5.41, 5.74) is 5.48. The first kappa shape index (κ1) is 16.5. The fraction of sp³-hybridized carbons (Fsp3) is 0.250. The Bertz CT molecular complexity index is 986. The van der Waals surface area contributed by atoms with Crippen LogP contribution in [0.4, 0.5) is 0 Å². The first-order chi connectivity index (χ1) is 12.8. The van der Waals surface area contributed by atoms with Crippen molar-refractivity contribution in [3.63, 3.8) is 0 Å². The van der Waals surface area contributed by atoms with E-state index < -0.39 is 0 Å². The molecule has 0 spiro atoms. The monoisotopic (exact) mass is 346 g/mol. The average molecular weight is 346 g/mol. The van der Waals surface area contributed by atoms with Crippen LogP contribution in [0.3, 0.4) is 0 Å². The van der Waals surface area contributed by atoms with Crippen molar-refractivity contribution in [3.8, 4) is 11.3 Å². The van der Waals surface area contributed by atoms with Gasteiger partial charge in [-0.15, -0.1) is 0 Å². The lowest BCUT2D eigenvalue weighted by Crippen LogP contribution is -2.16. The zero-order chi connectivity index (χ0) is 17.8. The first-order valence-corrected chi connectivity index (χ1v) is 8.85. The van der Waals surface area contributed by atoms with Crippen LogP contribution >= 0.6 is 0 Å². The fourth-order valence-corrected chi connectivity index (χ4v) is 3.20. The van der Waals surface area contributed by atoms with E-state index >= 15 is 0 Å². The van der Waals surface area contributed by atoms with E-state index in [4.69, 9.17) is 0 Å². The topological polar surface area (TPSA) is 60.6 Å². The molecule has 1 aromatic carbocycles. The second-order valence-corrected chi connectivity index (χ2v) is 6.38. The smallest absolute Gasteiger partial charge is 0.0983 e. The molecule has 0 unspecified atom stereocenters. The van der Waals surface area contributed by atoms with E-state index in [0.29, 0.717) is 0 Å². The zero-order valence-electron chi connectivity index (χ0n) is 14.8. The van der Waals surface area contributed by atoms with Gasteiger partial charge in [-0.25, -0.2) is 4.98 Å². The lowest BCUT2D eigenvalue weighted by Gasteiger charge is -2.07. The lowest BCUT2D eigenvalue weighted by molar-refractivity contribution is 0.588. The number of hydrogen-bond acceptors (Lipinski definition) is 4. The Labute approximate surface area is 152 Å². The number of hydrogen-bond donors (Lipinski definition) is 1. The van der Waals surface area contributed by atoms with Crippen molar-refractivity contribution >= 4 is 11.0 Å². The maximum Gasteiger partial charge on any atom is 0.0983 e. The molecular weight excluding hydrogens is 324 g/mol. The molecule has 6 nitrogen and oxygen atoms in total. The second-order valence-electron chi connectivity index (χ2n) is 6.38. The Morgan fingerprint density at radius 1 is 1.12 bits per heavy atom. The van der Waals surface area contributed by atoms with Gasteiger partial charge in [0.2, 0.25) is 0 Å². The van der Waals surface area contributed by atoms with Crippen LogP contribution in [-0.2, 0) is 20.1 Å². The predicted octanol–water partition coefficient (Wildman–Crippen LogP) is 3.01. The summed E-state index contributed by atoms with van der Waals surface area (Å²) in [4.78, 5) is 8.63. The minimum atomic E-state index is 0.794. The van der Waals surface area contributed by atoms with Crippen LogP contribution in [0.15, 0.2) is 61.3 Å². The number of para-hydroxylation sites is 2. The van der Waals surface area contributed by atoms with Crippen molar-refractivity contribution in [1.29, 1.82) is 0 Å². The SMILES string of the molecule is Cn1cc(CNCCCn2cnc3ccccc32)c(-c2cccnc2)n1. The van der Waals surface area contributed by atoms with E-state index in [1.807, 2.05) is 48.5 Å². The lowest BCUT2D eigenvalue weighted by atomic mass is 10.1. The highest BCUT2D eigenvalue weighted by Gasteiger charge is 2.09. The van der Waals surface area contributed by atoms with Gasteiger partial charge in [-0.1, -0.05) is 12.1 Å². The molecule has 0 aliphatic carbocycles. The van der Waals surface area contributed by atoms with Gasteiger partial charge in [0.25, 0.3) is 0 Å². The minimum Gasteiger partial charge on any atom is -0.331 e. The molecule has 26 heavy (non-hydrogen) atoms. The van der Waals surface area contributed by atoms with Crippen LogP contribution in [0.2, 0.25) is 0 Å². The summed E-state index contributed by atoms with van der Waals surface area (Å²) in [6.07, 6.45) is 8.67. The number of imidazole rings is 1. The summed E-state index contributed by atoms with van der Waals surface area (Å²) < 4.78 is 4.07. The fourth-order valence-electron chi connectivity index (χ4n) is 3.20. The highest BCUT2D eigenvalue weighted by Crippen LogP contribution is 2.20. The molecule has 6 heteroatoms. The van der Waals surface area contributed by atoms with Gasteiger partial charge in [-0.3, -0.25) is 9.67 Å². The molecule has 0 saturated heterocycles. The van der Waals surface area contributed by atoms with Crippen LogP contribution in [-0.4, -0.2) is 30.9 Å². The Kier molecular flexibility index (Phi) is 4.75. The number of rotatable bonds is 7. The largest absolute Gasteiger partial charge is 0.331 e.